The van der Waals surface area contributed by atoms with E-state index in [0.717, 1.165) is 6.08 Å². The molecule has 0 N–H and O–H groups in total. The summed E-state index contributed by atoms with van der Waals surface area (Å²) in [5, 5.41) is 0. The molecule has 0 aromatic carbocycles. The fraction of sp³-hybridized carbons (Fsp3) is 0.400. The van der Waals surface area contributed by atoms with E-state index in [0.29, 0.717) is 0 Å². The summed E-state index contributed by atoms with van der Waals surface area (Å²) < 4.78 is 33.4. The van der Waals surface area contributed by atoms with Gasteiger partial charge in [0, 0.05) is 6.08 Å². The molecule has 8 heavy (non-hydrogen) atoms. The Kier molecular flexibility index (Phi) is 2.58. The van der Waals surface area contributed by atoms with Crippen molar-refractivity contribution in [1.82, 2.24) is 0 Å². The number of hydrogen-bond donors (Lipinski definition) is 0. The Bertz CT molecular complexity index is 80.2. The van der Waals surface area contributed by atoms with Crippen molar-refractivity contribution < 1.29 is 13.2 Å². The summed E-state index contributed by atoms with van der Waals surface area (Å²) in [6.07, 6.45) is -2.84. The van der Waals surface area contributed by atoms with E-state index in [1.54, 1.807) is 0 Å². The van der Waals surface area contributed by atoms with Crippen LogP contribution < -0.4 is 0 Å². The standard InChI is InChI=1S/C5H6F3/c1-2-3-4-5(6,7)8/h3-4H,1-2H2. The van der Waals surface area contributed by atoms with Crippen molar-refractivity contribution in [3.63, 3.8) is 0 Å². The maximum Gasteiger partial charge on any atom is 0.409 e. The van der Waals surface area contributed by atoms with Crippen LogP contribution in [0.1, 0.15) is 6.42 Å². The topological polar surface area (TPSA) is 0 Å². The van der Waals surface area contributed by atoms with Crippen LogP contribution in [0.3, 0.4) is 0 Å². The maximum atomic E-state index is 11.1. The molecule has 0 nitrogen and oxygen atoms in total. The van der Waals surface area contributed by atoms with Crippen molar-refractivity contribution in [3.8, 4) is 0 Å². The molecule has 0 saturated carbocycles. The average Bonchev–Trinajstić information content (AvgIpc) is 1.59. The Morgan fingerprint density at radius 3 is 2.00 bits per heavy atom. The zero-order valence-electron chi connectivity index (χ0n) is 4.20. The summed E-state index contributed by atoms with van der Waals surface area (Å²) in [6, 6.07) is 0. The summed E-state index contributed by atoms with van der Waals surface area (Å²) >= 11 is 0. The van der Waals surface area contributed by atoms with E-state index in [1.807, 2.05) is 0 Å². The zero-order chi connectivity index (χ0) is 6.62. The van der Waals surface area contributed by atoms with Crippen LogP contribution in [0.25, 0.3) is 0 Å². The molecule has 0 heterocycles. The normalized spacial score (nSPS) is 13.0. The van der Waals surface area contributed by atoms with Gasteiger partial charge in [0.15, 0.2) is 0 Å². The van der Waals surface area contributed by atoms with Gasteiger partial charge < -0.3 is 0 Å². The molecule has 1 radical (unpaired) electrons. The molecule has 0 saturated heterocycles. The third-order valence-electron chi connectivity index (χ3n) is 0.474. The molecular weight excluding hydrogens is 117 g/mol. The lowest BCUT2D eigenvalue weighted by molar-refractivity contribution is -0.0799. The predicted molar refractivity (Wildman–Crippen MR) is 25.2 cm³/mol. The molecule has 0 unspecified atom stereocenters. The molecule has 0 aliphatic carbocycles. The van der Waals surface area contributed by atoms with Crippen molar-refractivity contribution in [3.05, 3.63) is 19.1 Å². The molecule has 0 spiro atoms. The Balaban J connectivity index is 3.52. The summed E-state index contributed by atoms with van der Waals surface area (Å²) in [6.45, 7) is 3.20. The summed E-state index contributed by atoms with van der Waals surface area (Å²) in [5.74, 6) is 0. The molecule has 0 rings (SSSR count). The van der Waals surface area contributed by atoms with E-state index in [1.165, 1.54) is 0 Å². The minimum absolute atomic E-state index is 0.180. The van der Waals surface area contributed by atoms with Gasteiger partial charge in [-0.05, 0) is 13.3 Å². The molecule has 0 bridgehead atoms. The Morgan fingerprint density at radius 1 is 1.38 bits per heavy atom. The first-order valence-electron chi connectivity index (χ1n) is 2.10. The largest absolute Gasteiger partial charge is 0.409 e. The van der Waals surface area contributed by atoms with Gasteiger partial charge in [0.05, 0.1) is 0 Å². The van der Waals surface area contributed by atoms with E-state index in [9.17, 15) is 13.2 Å². The van der Waals surface area contributed by atoms with Crippen LogP contribution in [0.15, 0.2) is 12.2 Å². The molecule has 0 fully saturated rings. The van der Waals surface area contributed by atoms with Gasteiger partial charge in [-0.1, -0.05) is 6.08 Å². The minimum atomic E-state index is -4.17. The lowest BCUT2D eigenvalue weighted by Crippen LogP contribution is -1.99. The highest BCUT2D eigenvalue weighted by atomic mass is 19.4. The van der Waals surface area contributed by atoms with Gasteiger partial charge in [0.1, 0.15) is 0 Å². The second-order valence-corrected chi connectivity index (χ2v) is 1.23. The monoisotopic (exact) mass is 123 g/mol. The third kappa shape index (κ3) is 5.53. The molecule has 0 aromatic rings. The Morgan fingerprint density at radius 2 is 1.88 bits per heavy atom. The minimum Gasteiger partial charge on any atom is -0.167 e. The second kappa shape index (κ2) is 2.74. The highest BCUT2D eigenvalue weighted by molar-refractivity contribution is 4.88. The molecule has 3 heteroatoms. The average molecular weight is 123 g/mol. The Labute approximate surface area is 46.0 Å². The Hall–Kier alpha value is -0.470. The molecule has 0 amide bonds. The molecule has 0 aromatic heterocycles. The first-order valence-corrected chi connectivity index (χ1v) is 2.10. The van der Waals surface area contributed by atoms with Gasteiger partial charge >= 0.3 is 6.18 Å². The quantitative estimate of drug-likeness (QED) is 0.469. The highest BCUT2D eigenvalue weighted by Gasteiger charge is 2.20. The predicted octanol–water partition coefficient (Wildman–Crippen LogP) is 2.33. The van der Waals surface area contributed by atoms with E-state index in [2.05, 4.69) is 6.92 Å². The SMILES string of the molecule is [CH2]CC=CC(F)(F)F. The molecular formula is C5H6F3. The molecule has 47 valence electrons. The smallest absolute Gasteiger partial charge is 0.167 e. The first kappa shape index (κ1) is 7.53. The summed E-state index contributed by atoms with van der Waals surface area (Å²) in [4.78, 5) is 0. The van der Waals surface area contributed by atoms with Gasteiger partial charge in [0.2, 0.25) is 0 Å². The van der Waals surface area contributed by atoms with Gasteiger partial charge in [-0.2, -0.15) is 13.2 Å². The van der Waals surface area contributed by atoms with Crippen LogP contribution in [-0.4, -0.2) is 6.18 Å². The summed E-state index contributed by atoms with van der Waals surface area (Å²) in [5.41, 5.74) is 0. The maximum absolute atomic E-state index is 11.1. The van der Waals surface area contributed by atoms with Crippen molar-refractivity contribution in [2.45, 2.75) is 12.6 Å². The van der Waals surface area contributed by atoms with Crippen LogP contribution in [0.5, 0.6) is 0 Å². The van der Waals surface area contributed by atoms with Crippen LogP contribution in [0.2, 0.25) is 0 Å². The summed E-state index contributed by atoms with van der Waals surface area (Å²) in [7, 11) is 0. The number of allylic oxidation sites excluding steroid dienone is 2. The third-order valence-corrected chi connectivity index (χ3v) is 0.474. The van der Waals surface area contributed by atoms with Crippen molar-refractivity contribution in [1.29, 1.82) is 0 Å². The van der Waals surface area contributed by atoms with E-state index < -0.39 is 6.18 Å². The van der Waals surface area contributed by atoms with E-state index in [-0.39, 0.29) is 12.5 Å². The fourth-order valence-corrected chi connectivity index (χ4v) is 0.217. The second-order valence-electron chi connectivity index (χ2n) is 1.23. The lowest BCUT2D eigenvalue weighted by Gasteiger charge is -1.94. The van der Waals surface area contributed by atoms with Crippen LogP contribution in [0, 0.1) is 6.92 Å². The van der Waals surface area contributed by atoms with Crippen molar-refractivity contribution in [2.24, 2.45) is 0 Å². The van der Waals surface area contributed by atoms with Gasteiger partial charge in [0.25, 0.3) is 0 Å². The van der Waals surface area contributed by atoms with Crippen molar-refractivity contribution in [2.75, 3.05) is 0 Å². The molecule has 0 atom stereocenters. The van der Waals surface area contributed by atoms with E-state index >= 15 is 0 Å². The zero-order valence-corrected chi connectivity index (χ0v) is 4.20. The number of alkyl halides is 3. The molecule has 0 aliphatic heterocycles. The van der Waals surface area contributed by atoms with Crippen LogP contribution in [-0.2, 0) is 0 Å². The van der Waals surface area contributed by atoms with Gasteiger partial charge in [-0.25, -0.2) is 0 Å². The number of halogens is 3. The van der Waals surface area contributed by atoms with Crippen LogP contribution in [0.4, 0.5) is 13.2 Å². The fourth-order valence-electron chi connectivity index (χ4n) is 0.217. The molecule has 0 aliphatic rings. The van der Waals surface area contributed by atoms with Gasteiger partial charge in [-0.15, -0.1) is 0 Å². The van der Waals surface area contributed by atoms with Crippen LogP contribution >= 0.6 is 0 Å². The lowest BCUT2D eigenvalue weighted by atomic mass is 10.4. The number of rotatable bonds is 1. The van der Waals surface area contributed by atoms with Crippen molar-refractivity contribution >= 4 is 0 Å². The van der Waals surface area contributed by atoms with Gasteiger partial charge in [-0.3, -0.25) is 0 Å². The first-order chi connectivity index (χ1) is 3.56. The van der Waals surface area contributed by atoms with E-state index in [4.69, 9.17) is 0 Å². The highest BCUT2D eigenvalue weighted by Crippen LogP contribution is 2.15. The number of hydrogen-bond acceptors (Lipinski definition) is 0.